The Morgan fingerprint density at radius 1 is 1.47 bits per heavy atom. The summed E-state index contributed by atoms with van der Waals surface area (Å²) >= 11 is 0. The fourth-order valence-electron chi connectivity index (χ4n) is 3.02. The number of piperidine rings is 1. The summed E-state index contributed by atoms with van der Waals surface area (Å²) in [5.41, 5.74) is -0.774. The van der Waals surface area contributed by atoms with Crippen LogP contribution in [0.15, 0.2) is 0 Å². The largest absolute Gasteiger partial charge is 0.388 e. The van der Waals surface area contributed by atoms with Crippen LogP contribution in [-0.4, -0.2) is 66.4 Å². The number of ether oxygens (including phenoxy) is 1. The van der Waals surface area contributed by atoms with Gasteiger partial charge in [-0.3, -0.25) is 0 Å². The first-order valence-corrected chi connectivity index (χ1v) is 7.30. The smallest absolute Gasteiger partial charge is 0.319 e. The maximum atomic E-state index is 12.4. The van der Waals surface area contributed by atoms with Gasteiger partial charge >= 0.3 is 6.03 Å². The van der Waals surface area contributed by atoms with E-state index >= 15 is 0 Å². The van der Waals surface area contributed by atoms with E-state index in [9.17, 15) is 9.90 Å². The predicted molar refractivity (Wildman–Crippen MR) is 73.0 cm³/mol. The Morgan fingerprint density at radius 2 is 2.16 bits per heavy atom. The molecule has 2 saturated heterocycles. The highest BCUT2D eigenvalue weighted by Crippen LogP contribution is 2.22. The summed E-state index contributed by atoms with van der Waals surface area (Å²) in [5, 5.41) is 10.4. The fourth-order valence-corrected chi connectivity index (χ4v) is 3.02. The van der Waals surface area contributed by atoms with Gasteiger partial charge in [0.05, 0.1) is 12.1 Å². The number of likely N-dealkylation sites (N-methyl/N-ethyl adjacent to an activating group) is 1. The molecule has 0 bridgehead atoms. The van der Waals surface area contributed by atoms with E-state index in [1.807, 2.05) is 4.90 Å². The number of likely N-dealkylation sites (tertiary alicyclic amines) is 1. The summed E-state index contributed by atoms with van der Waals surface area (Å²) < 4.78 is 5.26. The number of rotatable bonds is 2. The molecule has 19 heavy (non-hydrogen) atoms. The van der Waals surface area contributed by atoms with Crippen molar-refractivity contribution >= 4 is 6.03 Å². The van der Waals surface area contributed by atoms with Crippen LogP contribution in [-0.2, 0) is 4.74 Å². The van der Waals surface area contributed by atoms with Crippen molar-refractivity contribution in [2.45, 2.75) is 38.2 Å². The molecule has 5 heteroatoms. The minimum Gasteiger partial charge on any atom is -0.388 e. The molecule has 0 aromatic carbocycles. The van der Waals surface area contributed by atoms with Gasteiger partial charge in [0.15, 0.2) is 0 Å². The van der Waals surface area contributed by atoms with Gasteiger partial charge in [-0.05, 0) is 18.8 Å². The van der Waals surface area contributed by atoms with Gasteiger partial charge in [0.1, 0.15) is 0 Å². The Balaban J connectivity index is 1.87. The summed E-state index contributed by atoms with van der Waals surface area (Å²) in [4.78, 5) is 16.0. The van der Waals surface area contributed by atoms with Crippen molar-refractivity contribution in [3.8, 4) is 0 Å². The van der Waals surface area contributed by atoms with Crippen LogP contribution in [0, 0.1) is 5.92 Å². The monoisotopic (exact) mass is 270 g/mol. The van der Waals surface area contributed by atoms with Gasteiger partial charge < -0.3 is 19.6 Å². The molecule has 1 atom stereocenters. The van der Waals surface area contributed by atoms with Gasteiger partial charge in [-0.1, -0.05) is 6.92 Å². The van der Waals surface area contributed by atoms with Crippen LogP contribution in [0.5, 0.6) is 0 Å². The number of aliphatic hydroxyl groups is 1. The number of carbonyl (C=O) groups excluding carboxylic acids is 1. The quantitative estimate of drug-likeness (QED) is 0.823. The second-order valence-corrected chi connectivity index (χ2v) is 6.17. The molecular weight excluding hydrogens is 244 g/mol. The Morgan fingerprint density at radius 3 is 2.79 bits per heavy atom. The average Bonchev–Trinajstić information content (AvgIpc) is 2.38. The Kier molecular flexibility index (Phi) is 4.68. The molecule has 2 amide bonds. The van der Waals surface area contributed by atoms with E-state index < -0.39 is 5.60 Å². The number of nitrogens with zero attached hydrogens (tertiary/aromatic N) is 2. The molecular formula is C14H26N2O3. The molecule has 1 unspecified atom stereocenters. The van der Waals surface area contributed by atoms with Crippen molar-refractivity contribution in [1.29, 1.82) is 0 Å². The van der Waals surface area contributed by atoms with Crippen LogP contribution in [0.3, 0.4) is 0 Å². The van der Waals surface area contributed by atoms with Crippen molar-refractivity contribution in [2.24, 2.45) is 5.92 Å². The van der Waals surface area contributed by atoms with Crippen LogP contribution in [0.4, 0.5) is 4.79 Å². The van der Waals surface area contributed by atoms with E-state index in [4.69, 9.17) is 4.74 Å². The molecule has 2 aliphatic rings. The van der Waals surface area contributed by atoms with Crippen molar-refractivity contribution in [3.05, 3.63) is 0 Å². The number of hydrogen-bond acceptors (Lipinski definition) is 3. The minimum atomic E-state index is -0.774. The first-order valence-electron chi connectivity index (χ1n) is 7.30. The van der Waals surface area contributed by atoms with Gasteiger partial charge in [-0.15, -0.1) is 0 Å². The SMILES string of the molecule is CC1CCCN(C(=O)N(C)CC2(O)CCOCC2)C1. The van der Waals surface area contributed by atoms with E-state index in [0.29, 0.717) is 38.5 Å². The molecule has 0 spiro atoms. The Labute approximate surface area is 115 Å². The molecule has 5 nitrogen and oxygen atoms in total. The second-order valence-electron chi connectivity index (χ2n) is 6.17. The summed E-state index contributed by atoms with van der Waals surface area (Å²) in [5.74, 6) is 0.581. The first kappa shape index (κ1) is 14.6. The van der Waals surface area contributed by atoms with Crippen molar-refractivity contribution in [3.63, 3.8) is 0 Å². The standard InChI is InChI=1S/C14H26N2O3/c1-12-4-3-7-16(10-12)13(17)15(2)11-14(18)5-8-19-9-6-14/h12,18H,3-11H2,1-2H3. The molecule has 1 N–H and O–H groups in total. The normalized spacial score (nSPS) is 27.1. The van der Waals surface area contributed by atoms with E-state index in [2.05, 4.69) is 6.92 Å². The highest BCUT2D eigenvalue weighted by molar-refractivity contribution is 5.74. The third-order valence-electron chi connectivity index (χ3n) is 4.21. The zero-order valence-corrected chi connectivity index (χ0v) is 12.1. The molecule has 0 aromatic rings. The molecule has 2 heterocycles. The molecule has 2 aliphatic heterocycles. The van der Waals surface area contributed by atoms with Gasteiger partial charge in [-0.25, -0.2) is 4.79 Å². The van der Waals surface area contributed by atoms with Gasteiger partial charge in [0.2, 0.25) is 0 Å². The second kappa shape index (κ2) is 6.09. The van der Waals surface area contributed by atoms with E-state index in [-0.39, 0.29) is 6.03 Å². The van der Waals surface area contributed by atoms with E-state index in [1.54, 1.807) is 11.9 Å². The third-order valence-corrected chi connectivity index (χ3v) is 4.21. The maximum Gasteiger partial charge on any atom is 0.319 e. The van der Waals surface area contributed by atoms with Crippen molar-refractivity contribution < 1.29 is 14.6 Å². The molecule has 0 radical (unpaired) electrons. The number of hydrogen-bond donors (Lipinski definition) is 1. The lowest BCUT2D eigenvalue weighted by Gasteiger charge is -2.39. The Bertz CT molecular complexity index is 316. The summed E-state index contributed by atoms with van der Waals surface area (Å²) in [7, 11) is 1.79. The Hall–Kier alpha value is -0.810. The van der Waals surface area contributed by atoms with E-state index in [1.165, 1.54) is 6.42 Å². The van der Waals surface area contributed by atoms with Gasteiger partial charge in [0.25, 0.3) is 0 Å². The van der Waals surface area contributed by atoms with Gasteiger partial charge in [0, 0.05) is 46.2 Å². The lowest BCUT2D eigenvalue weighted by molar-refractivity contribution is -0.0736. The molecule has 0 saturated carbocycles. The number of amides is 2. The first-order chi connectivity index (χ1) is 9.00. The molecule has 110 valence electrons. The summed E-state index contributed by atoms with van der Waals surface area (Å²) in [6, 6.07) is 0.0477. The minimum absolute atomic E-state index is 0.0477. The lowest BCUT2D eigenvalue weighted by Crippen LogP contribution is -2.52. The van der Waals surface area contributed by atoms with Crippen molar-refractivity contribution in [1.82, 2.24) is 9.80 Å². The molecule has 2 fully saturated rings. The van der Waals surface area contributed by atoms with Gasteiger partial charge in [-0.2, -0.15) is 0 Å². The highest BCUT2D eigenvalue weighted by Gasteiger charge is 2.34. The van der Waals surface area contributed by atoms with E-state index in [0.717, 1.165) is 19.5 Å². The zero-order valence-electron chi connectivity index (χ0n) is 12.1. The topological polar surface area (TPSA) is 53.0 Å². The lowest BCUT2D eigenvalue weighted by atomic mass is 9.94. The van der Waals surface area contributed by atoms with Crippen LogP contribution < -0.4 is 0 Å². The van der Waals surface area contributed by atoms with Crippen LogP contribution >= 0.6 is 0 Å². The fraction of sp³-hybridized carbons (Fsp3) is 0.929. The number of carbonyl (C=O) groups is 1. The number of urea groups is 1. The predicted octanol–water partition coefficient (Wildman–Crippen LogP) is 1.31. The third kappa shape index (κ3) is 3.83. The summed E-state index contributed by atoms with van der Waals surface area (Å²) in [6.07, 6.45) is 3.51. The average molecular weight is 270 g/mol. The highest BCUT2D eigenvalue weighted by atomic mass is 16.5. The zero-order chi connectivity index (χ0) is 13.9. The molecule has 0 aromatic heterocycles. The molecule has 2 rings (SSSR count). The van der Waals surface area contributed by atoms with Crippen LogP contribution in [0.25, 0.3) is 0 Å². The maximum absolute atomic E-state index is 12.4. The summed E-state index contributed by atoms with van der Waals surface area (Å²) in [6.45, 7) is 5.43. The van der Waals surface area contributed by atoms with Crippen LogP contribution in [0.2, 0.25) is 0 Å². The van der Waals surface area contributed by atoms with Crippen LogP contribution in [0.1, 0.15) is 32.6 Å². The van der Waals surface area contributed by atoms with Crippen molar-refractivity contribution in [2.75, 3.05) is 39.9 Å². The molecule has 0 aliphatic carbocycles.